The van der Waals surface area contributed by atoms with Crippen molar-refractivity contribution in [3.63, 3.8) is 0 Å². The Labute approximate surface area is 156 Å². The highest BCUT2D eigenvalue weighted by Crippen LogP contribution is 2.24. The van der Waals surface area contributed by atoms with Crippen LogP contribution in [0.25, 0.3) is 0 Å². The molecular weight excluding hydrogens is 322 g/mol. The molecule has 0 radical (unpaired) electrons. The lowest BCUT2D eigenvalue weighted by molar-refractivity contribution is -0.114. The van der Waals surface area contributed by atoms with E-state index in [-0.39, 0.29) is 12.5 Å². The summed E-state index contributed by atoms with van der Waals surface area (Å²) in [5, 5.41) is 6.22. The second kappa shape index (κ2) is 9.39. The number of benzene rings is 2. The van der Waals surface area contributed by atoms with Crippen LogP contribution in [0, 0.1) is 0 Å². The second-order valence-electron chi connectivity index (χ2n) is 7.13. The van der Waals surface area contributed by atoms with E-state index in [0.29, 0.717) is 6.04 Å². The molecule has 1 amide bonds. The second-order valence-corrected chi connectivity index (χ2v) is 7.13. The summed E-state index contributed by atoms with van der Waals surface area (Å²) in [7, 11) is 2.20. The Kier molecular flexibility index (Phi) is 6.67. The Morgan fingerprint density at radius 1 is 1.00 bits per heavy atom. The summed E-state index contributed by atoms with van der Waals surface area (Å²) >= 11 is 0. The van der Waals surface area contributed by atoms with Gasteiger partial charge in [-0.3, -0.25) is 9.69 Å². The number of anilines is 2. The van der Waals surface area contributed by atoms with Crippen LogP contribution in [0.5, 0.6) is 0 Å². The highest BCUT2D eigenvalue weighted by Gasteiger charge is 2.19. The summed E-state index contributed by atoms with van der Waals surface area (Å²) in [5.74, 6) is -0.0263. The predicted octanol–water partition coefficient (Wildman–Crippen LogP) is 4.50. The number of hydrogen-bond donors (Lipinski definition) is 2. The van der Waals surface area contributed by atoms with Crippen molar-refractivity contribution in [2.45, 2.75) is 44.7 Å². The molecule has 0 saturated heterocycles. The molecule has 4 nitrogen and oxygen atoms in total. The minimum absolute atomic E-state index is 0.0263. The monoisotopic (exact) mass is 351 g/mol. The molecule has 26 heavy (non-hydrogen) atoms. The van der Waals surface area contributed by atoms with E-state index >= 15 is 0 Å². The lowest BCUT2D eigenvalue weighted by atomic mass is 9.94. The maximum Gasteiger partial charge on any atom is 0.243 e. The minimum atomic E-state index is -0.0263. The average molecular weight is 351 g/mol. The maximum atomic E-state index is 12.3. The first-order valence-electron chi connectivity index (χ1n) is 9.59. The molecule has 2 aromatic rings. The molecule has 0 aromatic heterocycles. The number of nitrogens with one attached hydrogen (secondary N) is 2. The van der Waals surface area contributed by atoms with E-state index in [9.17, 15) is 4.79 Å². The molecule has 2 aromatic carbocycles. The Hall–Kier alpha value is -2.33. The molecule has 2 N–H and O–H groups in total. The van der Waals surface area contributed by atoms with Crippen LogP contribution in [0.2, 0.25) is 0 Å². The fraction of sp³-hybridized carbons (Fsp3) is 0.409. The first-order valence-corrected chi connectivity index (χ1v) is 9.59. The highest BCUT2D eigenvalue weighted by molar-refractivity contribution is 5.94. The molecule has 1 aliphatic rings. The quantitative estimate of drug-likeness (QED) is 0.772. The molecule has 0 heterocycles. The summed E-state index contributed by atoms with van der Waals surface area (Å²) in [6.45, 7) is 1.13. The summed E-state index contributed by atoms with van der Waals surface area (Å²) < 4.78 is 0. The standard InChI is InChI=1S/C22H29N3O/c1-25(20-13-6-3-7-14-20)17-18-10-8-9-15-21(18)24-22(26)16-23-19-11-4-2-5-12-19/h2,4-5,8-12,15,20,23H,3,6-7,13-14,16-17H2,1H3,(H,24,26). The zero-order valence-electron chi connectivity index (χ0n) is 15.6. The zero-order chi connectivity index (χ0) is 18.2. The molecule has 0 aliphatic heterocycles. The van der Waals surface area contributed by atoms with Gasteiger partial charge in [-0.15, -0.1) is 0 Å². The van der Waals surface area contributed by atoms with Crippen molar-refractivity contribution in [2.24, 2.45) is 0 Å². The smallest absolute Gasteiger partial charge is 0.243 e. The van der Waals surface area contributed by atoms with Crippen molar-refractivity contribution in [3.05, 3.63) is 60.2 Å². The molecule has 4 heteroatoms. The van der Waals surface area contributed by atoms with Gasteiger partial charge in [-0.25, -0.2) is 0 Å². The third-order valence-corrected chi connectivity index (χ3v) is 5.14. The molecule has 3 rings (SSSR count). The SMILES string of the molecule is CN(Cc1ccccc1NC(=O)CNc1ccccc1)C1CCCCC1. The van der Waals surface area contributed by atoms with E-state index in [1.807, 2.05) is 48.5 Å². The van der Waals surface area contributed by atoms with Gasteiger partial charge >= 0.3 is 0 Å². The van der Waals surface area contributed by atoms with Gasteiger partial charge in [-0.2, -0.15) is 0 Å². The van der Waals surface area contributed by atoms with Gasteiger partial charge < -0.3 is 10.6 Å². The number of hydrogen-bond acceptors (Lipinski definition) is 3. The van der Waals surface area contributed by atoms with E-state index in [2.05, 4.69) is 28.6 Å². The number of carbonyl (C=O) groups excluding carboxylic acids is 1. The van der Waals surface area contributed by atoms with Gasteiger partial charge in [0.1, 0.15) is 0 Å². The Balaban J connectivity index is 1.56. The van der Waals surface area contributed by atoms with Gasteiger partial charge in [0.25, 0.3) is 0 Å². The van der Waals surface area contributed by atoms with Crippen molar-refractivity contribution >= 4 is 17.3 Å². The van der Waals surface area contributed by atoms with Gasteiger partial charge in [0, 0.05) is 24.0 Å². The van der Waals surface area contributed by atoms with Crippen LogP contribution in [0.3, 0.4) is 0 Å². The van der Waals surface area contributed by atoms with E-state index in [0.717, 1.165) is 17.9 Å². The first kappa shape index (κ1) is 18.5. The third kappa shape index (κ3) is 5.33. The van der Waals surface area contributed by atoms with Crippen molar-refractivity contribution in [1.29, 1.82) is 0 Å². The van der Waals surface area contributed by atoms with E-state index in [1.165, 1.54) is 37.7 Å². The fourth-order valence-corrected chi connectivity index (χ4v) is 3.63. The van der Waals surface area contributed by atoms with E-state index < -0.39 is 0 Å². The summed E-state index contributed by atoms with van der Waals surface area (Å²) in [6, 6.07) is 18.6. The predicted molar refractivity (Wildman–Crippen MR) is 108 cm³/mol. The van der Waals surface area contributed by atoms with Crippen LogP contribution >= 0.6 is 0 Å². The van der Waals surface area contributed by atoms with E-state index in [4.69, 9.17) is 0 Å². The minimum Gasteiger partial charge on any atom is -0.376 e. The topological polar surface area (TPSA) is 44.4 Å². The van der Waals surface area contributed by atoms with Crippen LogP contribution in [0.4, 0.5) is 11.4 Å². The van der Waals surface area contributed by atoms with E-state index in [1.54, 1.807) is 0 Å². The summed E-state index contributed by atoms with van der Waals surface area (Å²) in [6.07, 6.45) is 6.60. The number of carbonyl (C=O) groups is 1. The number of rotatable bonds is 7. The van der Waals surface area contributed by atoms with Crippen molar-refractivity contribution in [3.8, 4) is 0 Å². The number of nitrogens with zero attached hydrogens (tertiary/aromatic N) is 1. The number of para-hydroxylation sites is 2. The first-order chi connectivity index (χ1) is 12.7. The van der Waals surface area contributed by atoms with Gasteiger partial charge in [0.05, 0.1) is 6.54 Å². The largest absolute Gasteiger partial charge is 0.376 e. The molecule has 1 aliphatic carbocycles. The molecule has 0 bridgehead atoms. The summed E-state index contributed by atoms with van der Waals surface area (Å²) in [4.78, 5) is 14.8. The third-order valence-electron chi connectivity index (χ3n) is 5.14. The van der Waals surface area contributed by atoms with Crippen molar-refractivity contribution in [1.82, 2.24) is 4.90 Å². The number of amides is 1. The summed E-state index contributed by atoms with van der Waals surface area (Å²) in [5.41, 5.74) is 3.04. The van der Waals surface area contributed by atoms with Crippen LogP contribution in [0.1, 0.15) is 37.7 Å². The van der Waals surface area contributed by atoms with Crippen LogP contribution in [0.15, 0.2) is 54.6 Å². The van der Waals surface area contributed by atoms with Crippen LogP contribution in [-0.2, 0) is 11.3 Å². The molecule has 138 valence electrons. The van der Waals surface area contributed by atoms with Gasteiger partial charge in [0.2, 0.25) is 5.91 Å². The molecule has 0 atom stereocenters. The molecule has 0 spiro atoms. The molecule has 0 unspecified atom stereocenters. The Morgan fingerprint density at radius 2 is 1.69 bits per heavy atom. The van der Waals surface area contributed by atoms with Gasteiger partial charge in [0.15, 0.2) is 0 Å². The molecular formula is C22H29N3O. The Bertz CT molecular complexity index is 696. The normalized spacial score (nSPS) is 15.0. The lowest BCUT2D eigenvalue weighted by Gasteiger charge is -2.31. The lowest BCUT2D eigenvalue weighted by Crippen LogP contribution is -2.33. The molecule has 1 fully saturated rings. The zero-order valence-corrected chi connectivity index (χ0v) is 15.6. The molecule has 1 saturated carbocycles. The Morgan fingerprint density at radius 3 is 2.46 bits per heavy atom. The van der Waals surface area contributed by atoms with Crippen molar-refractivity contribution < 1.29 is 4.79 Å². The highest BCUT2D eigenvalue weighted by atomic mass is 16.1. The van der Waals surface area contributed by atoms with Crippen molar-refractivity contribution in [2.75, 3.05) is 24.2 Å². The maximum absolute atomic E-state index is 12.3. The van der Waals surface area contributed by atoms with Crippen LogP contribution < -0.4 is 10.6 Å². The average Bonchev–Trinajstić information content (AvgIpc) is 2.69. The van der Waals surface area contributed by atoms with Gasteiger partial charge in [-0.1, -0.05) is 55.7 Å². The fourth-order valence-electron chi connectivity index (χ4n) is 3.63. The van der Waals surface area contributed by atoms with Crippen LogP contribution in [-0.4, -0.2) is 30.4 Å². The van der Waals surface area contributed by atoms with Gasteiger partial charge in [-0.05, 0) is 43.7 Å².